The molecule has 7 heteroatoms. The van der Waals surface area contributed by atoms with Gasteiger partial charge in [0.15, 0.2) is 5.16 Å². The van der Waals surface area contributed by atoms with Crippen LogP contribution in [0.1, 0.15) is 11.1 Å². The second kappa shape index (κ2) is 8.26. The zero-order valence-corrected chi connectivity index (χ0v) is 16.7. The van der Waals surface area contributed by atoms with Crippen LogP contribution >= 0.6 is 11.8 Å². The number of carbonyl (C=O) groups excluding carboxylic acids is 1. The van der Waals surface area contributed by atoms with Crippen molar-refractivity contribution in [3.8, 4) is 11.4 Å². The quantitative estimate of drug-likeness (QED) is 0.609. The SMILES string of the molecule is COc1ccc(-n2cnnc2SCC(=O)N(C)c2cc(C)cc(C)c2)cc1. The Hall–Kier alpha value is -2.80. The van der Waals surface area contributed by atoms with Crippen molar-refractivity contribution < 1.29 is 9.53 Å². The molecule has 2 aromatic carbocycles. The molecule has 0 N–H and O–H groups in total. The second-order valence-corrected chi connectivity index (χ2v) is 7.21. The van der Waals surface area contributed by atoms with Crippen LogP contribution in [0.3, 0.4) is 0 Å². The third kappa shape index (κ3) is 4.49. The number of aromatic nitrogens is 3. The van der Waals surface area contributed by atoms with Crippen LogP contribution in [-0.4, -0.2) is 40.6 Å². The van der Waals surface area contributed by atoms with Crippen molar-refractivity contribution in [2.24, 2.45) is 0 Å². The fraction of sp³-hybridized carbons (Fsp3) is 0.250. The van der Waals surface area contributed by atoms with Crippen molar-refractivity contribution in [1.29, 1.82) is 0 Å². The Kier molecular flexibility index (Phi) is 5.81. The van der Waals surface area contributed by atoms with Crippen LogP contribution in [0.2, 0.25) is 0 Å². The van der Waals surface area contributed by atoms with E-state index in [-0.39, 0.29) is 11.7 Å². The Morgan fingerprint density at radius 3 is 2.44 bits per heavy atom. The number of amides is 1. The molecule has 0 aliphatic heterocycles. The molecule has 0 fully saturated rings. The highest BCUT2D eigenvalue weighted by molar-refractivity contribution is 7.99. The highest BCUT2D eigenvalue weighted by Gasteiger charge is 2.15. The minimum Gasteiger partial charge on any atom is -0.497 e. The van der Waals surface area contributed by atoms with Gasteiger partial charge in [-0.15, -0.1) is 10.2 Å². The van der Waals surface area contributed by atoms with E-state index >= 15 is 0 Å². The van der Waals surface area contributed by atoms with Gasteiger partial charge in [0, 0.05) is 18.4 Å². The number of hydrogen-bond donors (Lipinski definition) is 0. The molecule has 1 heterocycles. The van der Waals surface area contributed by atoms with Gasteiger partial charge in [0.25, 0.3) is 0 Å². The van der Waals surface area contributed by atoms with E-state index in [1.165, 1.54) is 11.8 Å². The third-order valence-corrected chi connectivity index (χ3v) is 5.09. The topological polar surface area (TPSA) is 60.2 Å². The maximum atomic E-state index is 12.6. The van der Waals surface area contributed by atoms with Gasteiger partial charge in [-0.05, 0) is 61.4 Å². The Morgan fingerprint density at radius 2 is 1.81 bits per heavy atom. The lowest BCUT2D eigenvalue weighted by molar-refractivity contribution is -0.115. The molecule has 0 unspecified atom stereocenters. The van der Waals surface area contributed by atoms with Crippen molar-refractivity contribution in [2.45, 2.75) is 19.0 Å². The lowest BCUT2D eigenvalue weighted by Crippen LogP contribution is -2.28. The van der Waals surface area contributed by atoms with Gasteiger partial charge >= 0.3 is 0 Å². The summed E-state index contributed by atoms with van der Waals surface area (Å²) in [7, 11) is 3.43. The number of thioether (sulfide) groups is 1. The van der Waals surface area contributed by atoms with Gasteiger partial charge < -0.3 is 9.64 Å². The molecule has 140 valence electrons. The van der Waals surface area contributed by atoms with E-state index in [0.29, 0.717) is 5.16 Å². The fourth-order valence-corrected chi connectivity index (χ4v) is 3.60. The highest BCUT2D eigenvalue weighted by atomic mass is 32.2. The minimum absolute atomic E-state index is 0.00859. The zero-order valence-electron chi connectivity index (χ0n) is 15.8. The van der Waals surface area contributed by atoms with Crippen LogP contribution in [0.4, 0.5) is 5.69 Å². The first-order valence-electron chi connectivity index (χ1n) is 8.50. The van der Waals surface area contributed by atoms with Crippen LogP contribution in [0.15, 0.2) is 53.9 Å². The Balaban J connectivity index is 1.69. The van der Waals surface area contributed by atoms with Crippen molar-refractivity contribution in [2.75, 3.05) is 24.8 Å². The smallest absolute Gasteiger partial charge is 0.237 e. The molecule has 6 nitrogen and oxygen atoms in total. The van der Waals surface area contributed by atoms with Crippen LogP contribution in [0, 0.1) is 13.8 Å². The zero-order chi connectivity index (χ0) is 19.4. The third-order valence-electron chi connectivity index (χ3n) is 4.16. The maximum Gasteiger partial charge on any atom is 0.237 e. The number of anilines is 1. The van der Waals surface area contributed by atoms with E-state index < -0.39 is 0 Å². The predicted octanol–water partition coefficient (Wildman–Crippen LogP) is 3.65. The number of carbonyl (C=O) groups is 1. The normalized spacial score (nSPS) is 10.7. The number of rotatable bonds is 6. The van der Waals surface area contributed by atoms with Crippen molar-refractivity contribution in [3.05, 3.63) is 59.9 Å². The van der Waals surface area contributed by atoms with E-state index in [9.17, 15) is 4.79 Å². The summed E-state index contributed by atoms with van der Waals surface area (Å²) in [6.07, 6.45) is 1.64. The summed E-state index contributed by atoms with van der Waals surface area (Å²) in [5.74, 6) is 1.07. The number of benzene rings is 2. The largest absolute Gasteiger partial charge is 0.497 e. The van der Waals surface area contributed by atoms with Crippen molar-refractivity contribution in [3.63, 3.8) is 0 Å². The first kappa shape index (κ1) is 19.0. The Labute approximate surface area is 163 Å². The van der Waals surface area contributed by atoms with Gasteiger partial charge in [-0.25, -0.2) is 0 Å². The lowest BCUT2D eigenvalue weighted by atomic mass is 10.1. The molecule has 3 rings (SSSR count). The number of nitrogens with zero attached hydrogens (tertiary/aromatic N) is 4. The van der Waals surface area contributed by atoms with E-state index in [1.807, 2.05) is 54.8 Å². The van der Waals surface area contributed by atoms with Crippen LogP contribution in [-0.2, 0) is 4.79 Å². The minimum atomic E-state index is 0.00859. The van der Waals surface area contributed by atoms with Crippen LogP contribution < -0.4 is 9.64 Å². The monoisotopic (exact) mass is 382 g/mol. The number of aryl methyl sites for hydroxylation is 2. The van der Waals surface area contributed by atoms with E-state index in [0.717, 1.165) is 28.3 Å². The van der Waals surface area contributed by atoms with E-state index in [1.54, 1.807) is 25.4 Å². The molecule has 0 spiro atoms. The van der Waals surface area contributed by atoms with Gasteiger partial charge in [-0.2, -0.15) is 0 Å². The van der Waals surface area contributed by atoms with Gasteiger partial charge in [0.05, 0.1) is 12.9 Å². The second-order valence-electron chi connectivity index (χ2n) is 6.27. The highest BCUT2D eigenvalue weighted by Crippen LogP contribution is 2.23. The molecule has 0 saturated heterocycles. The molecule has 0 atom stereocenters. The summed E-state index contributed by atoms with van der Waals surface area (Å²) >= 11 is 1.36. The Morgan fingerprint density at radius 1 is 1.15 bits per heavy atom. The van der Waals surface area contributed by atoms with Gasteiger partial charge in [-0.1, -0.05) is 17.8 Å². The lowest BCUT2D eigenvalue weighted by Gasteiger charge is -2.18. The summed E-state index contributed by atoms with van der Waals surface area (Å²) in [5.41, 5.74) is 4.08. The van der Waals surface area contributed by atoms with Crippen molar-refractivity contribution >= 4 is 23.4 Å². The molecule has 0 aliphatic carbocycles. The standard InChI is InChI=1S/C20H22N4O2S/c1-14-9-15(2)11-17(10-14)23(3)19(25)12-27-20-22-21-13-24(20)16-5-7-18(26-4)8-6-16/h5-11,13H,12H2,1-4H3. The average Bonchev–Trinajstić information content (AvgIpc) is 3.13. The Bertz CT molecular complexity index is 917. The van der Waals surface area contributed by atoms with E-state index in [2.05, 4.69) is 16.3 Å². The molecule has 0 saturated carbocycles. The molecule has 0 aliphatic rings. The first-order valence-corrected chi connectivity index (χ1v) is 9.48. The van der Waals surface area contributed by atoms with Crippen LogP contribution in [0.25, 0.3) is 5.69 Å². The summed E-state index contributed by atoms with van der Waals surface area (Å²) in [5, 5.41) is 8.79. The summed E-state index contributed by atoms with van der Waals surface area (Å²) in [6, 6.07) is 13.7. The van der Waals surface area contributed by atoms with Crippen molar-refractivity contribution in [1.82, 2.24) is 14.8 Å². The molecule has 0 bridgehead atoms. The number of hydrogen-bond acceptors (Lipinski definition) is 5. The van der Waals surface area contributed by atoms with Crippen LogP contribution in [0.5, 0.6) is 5.75 Å². The maximum absolute atomic E-state index is 12.6. The molecular formula is C20H22N4O2S. The summed E-state index contributed by atoms with van der Waals surface area (Å²) in [4.78, 5) is 14.3. The molecule has 0 radical (unpaired) electrons. The summed E-state index contributed by atoms with van der Waals surface area (Å²) in [6.45, 7) is 4.06. The van der Waals surface area contributed by atoms with E-state index in [4.69, 9.17) is 4.74 Å². The molecule has 1 amide bonds. The fourth-order valence-electron chi connectivity index (χ4n) is 2.75. The number of ether oxygens (including phenoxy) is 1. The predicted molar refractivity (Wildman–Crippen MR) is 108 cm³/mol. The molecule has 1 aromatic heterocycles. The summed E-state index contributed by atoms with van der Waals surface area (Å²) < 4.78 is 7.04. The van der Waals surface area contributed by atoms with Gasteiger partial charge in [-0.3, -0.25) is 9.36 Å². The van der Waals surface area contributed by atoms with Gasteiger partial charge in [0.2, 0.25) is 5.91 Å². The van der Waals surface area contributed by atoms with Gasteiger partial charge in [0.1, 0.15) is 12.1 Å². The number of methoxy groups -OCH3 is 1. The molecule has 27 heavy (non-hydrogen) atoms. The average molecular weight is 382 g/mol. The molecule has 3 aromatic rings. The first-order chi connectivity index (χ1) is 13.0. The molecular weight excluding hydrogens is 360 g/mol.